The summed E-state index contributed by atoms with van der Waals surface area (Å²) in [6.07, 6.45) is 1.63. The van der Waals surface area contributed by atoms with Gasteiger partial charge in [-0.05, 0) is 43.7 Å². The molecule has 0 bridgehead atoms. The predicted octanol–water partition coefficient (Wildman–Crippen LogP) is 3.23. The molecule has 0 unspecified atom stereocenters. The SMILES string of the molecule is CCCCNS(=O)(=O)c1ccc(NC(=O)c2ccc(C)c([N+](=O)[O-])c2)cc1. The molecule has 0 aliphatic heterocycles. The van der Waals surface area contributed by atoms with Crippen molar-refractivity contribution < 1.29 is 18.1 Å². The fourth-order valence-corrected chi connectivity index (χ4v) is 3.41. The van der Waals surface area contributed by atoms with E-state index in [9.17, 15) is 23.3 Å². The normalized spacial score (nSPS) is 11.2. The average Bonchev–Trinajstić information content (AvgIpc) is 2.62. The number of hydrogen-bond acceptors (Lipinski definition) is 5. The van der Waals surface area contributed by atoms with Crippen LogP contribution in [0.25, 0.3) is 0 Å². The molecule has 2 N–H and O–H groups in total. The van der Waals surface area contributed by atoms with Gasteiger partial charge in [0.25, 0.3) is 11.6 Å². The summed E-state index contributed by atoms with van der Waals surface area (Å²) in [6, 6.07) is 9.92. The summed E-state index contributed by atoms with van der Waals surface area (Å²) in [5, 5.41) is 13.6. The summed E-state index contributed by atoms with van der Waals surface area (Å²) in [5.41, 5.74) is 0.852. The highest BCUT2D eigenvalue weighted by atomic mass is 32.2. The van der Waals surface area contributed by atoms with Crippen LogP contribution < -0.4 is 10.0 Å². The van der Waals surface area contributed by atoms with Crippen molar-refractivity contribution in [2.75, 3.05) is 11.9 Å². The van der Waals surface area contributed by atoms with Gasteiger partial charge in [-0.25, -0.2) is 13.1 Å². The number of sulfonamides is 1. The molecule has 2 aromatic rings. The minimum atomic E-state index is -3.59. The Morgan fingerprint density at radius 3 is 2.41 bits per heavy atom. The van der Waals surface area contributed by atoms with Crippen LogP contribution in [0.4, 0.5) is 11.4 Å². The molecule has 0 saturated heterocycles. The fourth-order valence-electron chi connectivity index (χ4n) is 2.33. The number of carbonyl (C=O) groups is 1. The Morgan fingerprint density at radius 2 is 1.81 bits per heavy atom. The number of amides is 1. The lowest BCUT2D eigenvalue weighted by Crippen LogP contribution is -2.24. The molecule has 0 aromatic heterocycles. The second-order valence-electron chi connectivity index (χ2n) is 5.99. The van der Waals surface area contributed by atoms with Crippen LogP contribution in [0.1, 0.15) is 35.7 Å². The molecule has 0 heterocycles. The van der Waals surface area contributed by atoms with Gasteiger partial charge in [0.05, 0.1) is 9.82 Å². The average molecular weight is 391 g/mol. The van der Waals surface area contributed by atoms with Gasteiger partial charge in [0.1, 0.15) is 0 Å². The molecule has 0 radical (unpaired) electrons. The second-order valence-corrected chi connectivity index (χ2v) is 7.76. The third-order valence-corrected chi connectivity index (χ3v) is 5.39. The standard InChI is InChI=1S/C18H21N3O5S/c1-3-4-11-19-27(25,26)16-9-7-15(8-10-16)20-18(22)14-6-5-13(2)17(12-14)21(23)24/h5-10,12,19H,3-4,11H2,1-2H3,(H,20,22). The third kappa shape index (κ3) is 5.35. The van der Waals surface area contributed by atoms with Gasteiger partial charge in [0.15, 0.2) is 0 Å². The maximum absolute atomic E-state index is 12.3. The first-order chi connectivity index (χ1) is 12.7. The molecule has 1 amide bonds. The Kier molecular flexibility index (Phi) is 6.65. The summed E-state index contributed by atoms with van der Waals surface area (Å²) in [7, 11) is -3.59. The maximum atomic E-state index is 12.3. The van der Waals surface area contributed by atoms with Gasteiger partial charge < -0.3 is 5.32 Å². The number of rotatable bonds is 8. The van der Waals surface area contributed by atoms with E-state index in [0.29, 0.717) is 17.8 Å². The molecule has 144 valence electrons. The van der Waals surface area contributed by atoms with Crippen molar-refractivity contribution in [3.8, 4) is 0 Å². The third-order valence-electron chi connectivity index (χ3n) is 3.91. The lowest BCUT2D eigenvalue weighted by atomic mass is 10.1. The molecule has 27 heavy (non-hydrogen) atoms. The first kappa shape index (κ1) is 20.5. The summed E-state index contributed by atoms with van der Waals surface area (Å²) in [5.74, 6) is -0.519. The Hall–Kier alpha value is -2.78. The van der Waals surface area contributed by atoms with Gasteiger partial charge in [0.2, 0.25) is 10.0 Å². The van der Waals surface area contributed by atoms with Crippen molar-refractivity contribution in [2.24, 2.45) is 0 Å². The molecule has 2 aromatic carbocycles. The van der Waals surface area contributed by atoms with Gasteiger partial charge in [-0.1, -0.05) is 19.4 Å². The number of aryl methyl sites for hydroxylation is 1. The highest BCUT2D eigenvalue weighted by molar-refractivity contribution is 7.89. The van der Waals surface area contributed by atoms with Crippen molar-refractivity contribution >= 4 is 27.3 Å². The molecule has 0 spiro atoms. The van der Waals surface area contributed by atoms with Crippen LogP contribution in [0.3, 0.4) is 0 Å². The van der Waals surface area contributed by atoms with Gasteiger partial charge >= 0.3 is 0 Å². The second kappa shape index (κ2) is 8.74. The van der Waals surface area contributed by atoms with E-state index in [-0.39, 0.29) is 16.1 Å². The van der Waals surface area contributed by atoms with E-state index in [1.807, 2.05) is 6.92 Å². The molecular formula is C18H21N3O5S. The van der Waals surface area contributed by atoms with Gasteiger partial charge in [-0.2, -0.15) is 0 Å². The Morgan fingerprint density at radius 1 is 1.15 bits per heavy atom. The highest BCUT2D eigenvalue weighted by Crippen LogP contribution is 2.20. The number of nitrogens with zero attached hydrogens (tertiary/aromatic N) is 1. The number of nitro benzene ring substituents is 1. The van der Waals surface area contributed by atoms with Gasteiger partial charge in [0, 0.05) is 29.4 Å². The molecule has 0 atom stereocenters. The monoisotopic (exact) mass is 391 g/mol. The van der Waals surface area contributed by atoms with Crippen LogP contribution in [0.5, 0.6) is 0 Å². The molecule has 0 aliphatic carbocycles. The lowest BCUT2D eigenvalue weighted by Gasteiger charge is -2.09. The molecule has 0 saturated carbocycles. The van der Waals surface area contributed by atoms with Crippen LogP contribution >= 0.6 is 0 Å². The van der Waals surface area contributed by atoms with Crippen LogP contribution in [-0.2, 0) is 10.0 Å². The smallest absolute Gasteiger partial charge is 0.273 e. The van der Waals surface area contributed by atoms with Gasteiger partial charge in [-0.3, -0.25) is 14.9 Å². The zero-order valence-corrected chi connectivity index (χ0v) is 15.9. The van der Waals surface area contributed by atoms with Crippen molar-refractivity contribution in [3.63, 3.8) is 0 Å². The van der Waals surface area contributed by atoms with E-state index < -0.39 is 20.9 Å². The van der Waals surface area contributed by atoms with E-state index in [2.05, 4.69) is 10.0 Å². The highest BCUT2D eigenvalue weighted by Gasteiger charge is 2.16. The Bertz CT molecular complexity index is 940. The molecule has 8 nitrogen and oxygen atoms in total. The molecule has 9 heteroatoms. The molecular weight excluding hydrogens is 370 g/mol. The van der Waals surface area contributed by atoms with E-state index in [1.165, 1.54) is 42.5 Å². The van der Waals surface area contributed by atoms with Crippen molar-refractivity contribution in [2.45, 2.75) is 31.6 Å². The number of anilines is 1. The van der Waals surface area contributed by atoms with Crippen LogP contribution in [-0.4, -0.2) is 25.8 Å². The number of benzene rings is 2. The summed E-state index contributed by atoms with van der Waals surface area (Å²) >= 11 is 0. The summed E-state index contributed by atoms with van der Waals surface area (Å²) in [6.45, 7) is 3.92. The largest absolute Gasteiger partial charge is 0.322 e. The minimum Gasteiger partial charge on any atom is -0.322 e. The Labute approximate surface area is 157 Å². The lowest BCUT2D eigenvalue weighted by molar-refractivity contribution is -0.385. The fraction of sp³-hybridized carbons (Fsp3) is 0.278. The van der Waals surface area contributed by atoms with Crippen LogP contribution in [0.2, 0.25) is 0 Å². The summed E-state index contributed by atoms with van der Waals surface area (Å²) in [4.78, 5) is 22.8. The topological polar surface area (TPSA) is 118 Å². The number of nitrogens with one attached hydrogen (secondary N) is 2. The predicted molar refractivity (Wildman–Crippen MR) is 102 cm³/mol. The Balaban J connectivity index is 2.11. The zero-order chi connectivity index (χ0) is 20.0. The first-order valence-electron chi connectivity index (χ1n) is 8.40. The maximum Gasteiger partial charge on any atom is 0.273 e. The number of hydrogen-bond donors (Lipinski definition) is 2. The molecule has 0 aliphatic rings. The first-order valence-corrected chi connectivity index (χ1v) is 9.89. The number of carbonyl (C=O) groups excluding carboxylic acids is 1. The number of unbranched alkanes of at least 4 members (excludes halogenated alkanes) is 1. The van der Waals surface area contributed by atoms with Crippen molar-refractivity contribution in [3.05, 3.63) is 63.7 Å². The molecule has 0 fully saturated rings. The zero-order valence-electron chi connectivity index (χ0n) is 15.1. The quantitative estimate of drug-likeness (QED) is 0.407. The van der Waals surface area contributed by atoms with Gasteiger partial charge in [-0.15, -0.1) is 0 Å². The van der Waals surface area contributed by atoms with Crippen LogP contribution in [0.15, 0.2) is 47.4 Å². The van der Waals surface area contributed by atoms with Crippen LogP contribution in [0, 0.1) is 17.0 Å². The van der Waals surface area contributed by atoms with E-state index in [0.717, 1.165) is 12.8 Å². The van der Waals surface area contributed by atoms with Crippen molar-refractivity contribution in [1.82, 2.24) is 4.72 Å². The minimum absolute atomic E-state index is 0.0996. The van der Waals surface area contributed by atoms with Crippen molar-refractivity contribution in [1.29, 1.82) is 0 Å². The van der Waals surface area contributed by atoms with E-state index in [4.69, 9.17) is 0 Å². The van der Waals surface area contributed by atoms with E-state index >= 15 is 0 Å². The van der Waals surface area contributed by atoms with E-state index in [1.54, 1.807) is 6.92 Å². The summed E-state index contributed by atoms with van der Waals surface area (Å²) < 4.78 is 26.8. The molecule has 2 rings (SSSR count). The number of nitro groups is 1.